The molecule has 1 atom stereocenters. The quantitative estimate of drug-likeness (QED) is 0.491. The van der Waals surface area contributed by atoms with E-state index in [1.807, 2.05) is 30.3 Å². The average molecular weight is 412 g/mol. The average Bonchev–Trinajstić information content (AvgIpc) is 3.12. The Labute approximate surface area is 178 Å². The number of nitrogens with zero attached hydrogens (tertiary/aromatic N) is 2. The number of nitrogens with one attached hydrogen (secondary N) is 1. The first-order valence-corrected chi connectivity index (χ1v) is 9.93. The number of hydrogen-bond acceptors (Lipinski definition) is 4. The number of phenolic OH excluding ortho intramolecular Hbond substituents is 1. The van der Waals surface area contributed by atoms with Gasteiger partial charge in [0.1, 0.15) is 29.2 Å². The fourth-order valence-corrected chi connectivity index (χ4v) is 3.78. The van der Waals surface area contributed by atoms with Gasteiger partial charge in [-0.1, -0.05) is 42.5 Å². The third kappa shape index (κ3) is 3.64. The molecule has 5 rings (SSSR count). The number of benzene rings is 3. The maximum Gasteiger partial charge on any atom is 0.363 e. The summed E-state index contributed by atoms with van der Waals surface area (Å²) in [5.74, 6) is 0.292. The summed E-state index contributed by atoms with van der Waals surface area (Å²) in [6.07, 6.45) is 2.24. The summed E-state index contributed by atoms with van der Waals surface area (Å²) in [5.41, 5.74) is 3.91. The lowest BCUT2D eigenvalue weighted by atomic mass is 10.1. The predicted octanol–water partition coefficient (Wildman–Crippen LogP) is 4.28. The monoisotopic (exact) mass is 412 g/mol. The fraction of sp³-hybridized carbons (Fsp3) is 0.0800. The van der Waals surface area contributed by atoms with Crippen molar-refractivity contribution in [1.29, 1.82) is 0 Å². The third-order valence-corrected chi connectivity index (χ3v) is 5.37. The first kappa shape index (κ1) is 18.9. The molecule has 2 heterocycles. The highest BCUT2D eigenvalue weighted by atomic mass is 19.1. The maximum absolute atomic E-state index is 13.4. The van der Waals surface area contributed by atoms with E-state index in [0.717, 1.165) is 16.8 Å². The van der Waals surface area contributed by atoms with Crippen LogP contribution < -0.4 is 9.88 Å². The van der Waals surface area contributed by atoms with Crippen LogP contribution in [-0.2, 0) is 6.42 Å². The van der Waals surface area contributed by atoms with Crippen LogP contribution in [0.1, 0.15) is 27.7 Å². The van der Waals surface area contributed by atoms with Crippen LogP contribution in [0.15, 0.2) is 85.1 Å². The summed E-state index contributed by atoms with van der Waals surface area (Å²) in [7, 11) is 0. The molecule has 0 spiro atoms. The molecule has 2 N–H and O–H groups in total. The lowest BCUT2D eigenvalue weighted by Crippen LogP contribution is -2.41. The Morgan fingerprint density at radius 1 is 0.968 bits per heavy atom. The lowest BCUT2D eigenvalue weighted by molar-refractivity contribution is -0.552. The highest BCUT2D eigenvalue weighted by Gasteiger charge is 2.42. The van der Waals surface area contributed by atoms with Crippen molar-refractivity contribution < 1.29 is 18.9 Å². The Morgan fingerprint density at radius 2 is 1.68 bits per heavy atom. The molecule has 5 nitrogen and oxygen atoms in total. The maximum atomic E-state index is 13.4. The number of phenols is 1. The topological polar surface area (TPSA) is 66.1 Å². The van der Waals surface area contributed by atoms with Gasteiger partial charge in [0.15, 0.2) is 0 Å². The lowest BCUT2D eigenvalue weighted by Gasteiger charge is -2.07. The molecule has 1 aromatic heterocycles. The summed E-state index contributed by atoms with van der Waals surface area (Å²) >= 11 is 0. The van der Waals surface area contributed by atoms with E-state index in [1.54, 1.807) is 47.2 Å². The van der Waals surface area contributed by atoms with E-state index in [-0.39, 0.29) is 17.5 Å². The Balaban J connectivity index is 1.61. The van der Waals surface area contributed by atoms with E-state index in [2.05, 4.69) is 5.32 Å². The largest absolute Gasteiger partial charge is 0.508 e. The number of carbonyl (C=O) groups is 1. The van der Waals surface area contributed by atoms with E-state index in [4.69, 9.17) is 4.98 Å². The first-order chi connectivity index (χ1) is 15.1. The van der Waals surface area contributed by atoms with Crippen molar-refractivity contribution in [1.82, 2.24) is 4.98 Å². The van der Waals surface area contributed by atoms with Crippen molar-refractivity contribution >= 4 is 11.7 Å². The number of carbonyl (C=O) groups excluding carboxylic acids is 1. The number of aromatic nitrogens is 2. The molecule has 4 aromatic rings. The molecule has 0 radical (unpaired) electrons. The Kier molecular flexibility index (Phi) is 4.67. The van der Waals surface area contributed by atoms with Crippen LogP contribution in [0.3, 0.4) is 0 Å². The van der Waals surface area contributed by atoms with Gasteiger partial charge in [0.25, 0.3) is 0 Å². The molecule has 1 aliphatic heterocycles. The van der Waals surface area contributed by atoms with Gasteiger partial charge in [-0.3, -0.25) is 5.32 Å². The van der Waals surface area contributed by atoms with Gasteiger partial charge in [0.2, 0.25) is 6.04 Å². The van der Waals surface area contributed by atoms with Crippen LogP contribution in [0.25, 0.3) is 11.3 Å². The fourth-order valence-electron chi connectivity index (χ4n) is 3.78. The van der Waals surface area contributed by atoms with E-state index in [0.29, 0.717) is 23.5 Å². The highest BCUT2D eigenvalue weighted by molar-refractivity contribution is 5.84. The first-order valence-electron chi connectivity index (χ1n) is 9.93. The summed E-state index contributed by atoms with van der Waals surface area (Å²) in [4.78, 5) is 18.1. The Bertz CT molecular complexity index is 1260. The van der Waals surface area contributed by atoms with Crippen LogP contribution in [0.5, 0.6) is 5.75 Å². The van der Waals surface area contributed by atoms with Gasteiger partial charge in [-0.15, -0.1) is 0 Å². The second kappa shape index (κ2) is 7.65. The Hall–Kier alpha value is -4.06. The second-order valence-electron chi connectivity index (χ2n) is 7.47. The molecular formula is C25H19FN3O2+. The zero-order chi connectivity index (χ0) is 21.4. The molecule has 0 amide bonds. The van der Waals surface area contributed by atoms with E-state index >= 15 is 0 Å². The number of fused-ring (bicyclic) bond motifs is 1. The molecule has 31 heavy (non-hydrogen) atoms. The van der Waals surface area contributed by atoms with Crippen molar-refractivity contribution in [3.63, 3.8) is 0 Å². The third-order valence-electron chi connectivity index (χ3n) is 5.37. The molecule has 1 unspecified atom stereocenters. The van der Waals surface area contributed by atoms with Gasteiger partial charge in [-0.2, -0.15) is 4.57 Å². The van der Waals surface area contributed by atoms with Crippen molar-refractivity contribution in [3.05, 3.63) is 108 Å². The normalized spacial score (nSPS) is 14.9. The smallest absolute Gasteiger partial charge is 0.363 e. The van der Waals surface area contributed by atoms with E-state index in [9.17, 15) is 14.3 Å². The summed E-state index contributed by atoms with van der Waals surface area (Å²) in [5, 5.41) is 12.9. The number of anilines is 1. The molecular weight excluding hydrogens is 393 g/mol. The van der Waals surface area contributed by atoms with Gasteiger partial charge in [-0.05, 0) is 42.0 Å². The summed E-state index contributed by atoms with van der Waals surface area (Å²) in [6, 6.07) is 21.9. The molecule has 1 aliphatic rings. The number of aromatic hydroxyl groups is 1. The van der Waals surface area contributed by atoms with E-state index in [1.165, 1.54) is 12.1 Å². The molecule has 3 aromatic carbocycles. The zero-order valence-corrected chi connectivity index (χ0v) is 16.5. The number of halogens is 1. The zero-order valence-electron chi connectivity index (χ0n) is 16.5. The van der Waals surface area contributed by atoms with Crippen LogP contribution >= 0.6 is 0 Å². The predicted molar refractivity (Wildman–Crippen MR) is 114 cm³/mol. The molecule has 6 heteroatoms. The van der Waals surface area contributed by atoms with Gasteiger partial charge in [0.05, 0.1) is 0 Å². The van der Waals surface area contributed by atoms with Crippen LogP contribution in [-0.4, -0.2) is 16.0 Å². The second-order valence-corrected chi connectivity index (χ2v) is 7.47. The van der Waals surface area contributed by atoms with Crippen molar-refractivity contribution in [2.45, 2.75) is 12.5 Å². The standard InChI is InChI=1S/C25H18FN3O2/c26-19-10-6-18(7-11-19)23-25(31)29-15-22(17-8-12-20(30)13-9-17)27-21(24(29)28-23)14-16-4-2-1-3-5-16/h1-13,15,23,30H,14H2/p+1. The van der Waals surface area contributed by atoms with Crippen LogP contribution in [0.2, 0.25) is 0 Å². The van der Waals surface area contributed by atoms with Gasteiger partial charge >= 0.3 is 11.7 Å². The minimum atomic E-state index is -0.619. The molecule has 152 valence electrons. The van der Waals surface area contributed by atoms with Crippen LogP contribution in [0, 0.1) is 5.82 Å². The Morgan fingerprint density at radius 3 is 2.39 bits per heavy atom. The van der Waals surface area contributed by atoms with Gasteiger partial charge < -0.3 is 5.11 Å². The van der Waals surface area contributed by atoms with Crippen molar-refractivity contribution in [2.24, 2.45) is 0 Å². The number of rotatable bonds is 4. The SMILES string of the molecule is O=C1C(c2ccc(F)cc2)Nc2c(Cc3ccccc3)nc(-c3ccc(O)cc3)c[n+]21. The van der Waals surface area contributed by atoms with Crippen LogP contribution in [0.4, 0.5) is 10.2 Å². The minimum Gasteiger partial charge on any atom is -0.508 e. The van der Waals surface area contributed by atoms with Crippen molar-refractivity contribution in [2.75, 3.05) is 5.32 Å². The molecule has 0 fully saturated rings. The van der Waals surface area contributed by atoms with Gasteiger partial charge in [-0.25, -0.2) is 14.2 Å². The molecule has 0 saturated carbocycles. The summed E-state index contributed by atoms with van der Waals surface area (Å²) < 4.78 is 15.0. The minimum absolute atomic E-state index is 0.154. The van der Waals surface area contributed by atoms with Gasteiger partial charge in [0, 0.05) is 17.5 Å². The molecule has 0 saturated heterocycles. The molecule has 0 bridgehead atoms. The van der Waals surface area contributed by atoms with E-state index < -0.39 is 6.04 Å². The molecule has 0 aliphatic carbocycles. The highest BCUT2D eigenvalue weighted by Crippen LogP contribution is 2.29. The summed E-state index contributed by atoms with van der Waals surface area (Å²) in [6.45, 7) is 0. The number of hydrogen-bond donors (Lipinski definition) is 2. The van der Waals surface area contributed by atoms with Crippen molar-refractivity contribution in [3.8, 4) is 17.0 Å².